The minimum atomic E-state index is -0.247. The maximum atomic E-state index is 13.3. The average molecular weight is 542 g/mol. The van der Waals surface area contributed by atoms with E-state index in [2.05, 4.69) is 10.1 Å². The van der Waals surface area contributed by atoms with Gasteiger partial charge in [0.05, 0.1) is 24.4 Å². The summed E-state index contributed by atoms with van der Waals surface area (Å²) in [5.41, 5.74) is 3.71. The van der Waals surface area contributed by atoms with Crippen LogP contribution in [0.1, 0.15) is 5.56 Å². The molecule has 0 aliphatic heterocycles. The summed E-state index contributed by atoms with van der Waals surface area (Å²) in [7, 11) is 3.18. The number of fused-ring (bicyclic) bond motifs is 1. The Labute approximate surface area is 226 Å². The minimum Gasteiger partial charge on any atom is -0.493 e. The van der Waals surface area contributed by atoms with Crippen LogP contribution in [0.3, 0.4) is 0 Å². The van der Waals surface area contributed by atoms with Gasteiger partial charge in [-0.3, -0.25) is 4.79 Å². The molecule has 0 unspecified atom stereocenters. The molecule has 188 valence electrons. The summed E-state index contributed by atoms with van der Waals surface area (Å²) in [5, 5.41) is 9.91. The third kappa shape index (κ3) is 4.31. The van der Waals surface area contributed by atoms with Crippen LogP contribution in [0, 0.1) is 0 Å². The van der Waals surface area contributed by atoms with Crippen LogP contribution in [-0.4, -0.2) is 38.6 Å². The largest absolute Gasteiger partial charge is 0.493 e. The minimum absolute atomic E-state index is 0.247. The number of para-hydroxylation sites is 1. The number of aromatic nitrogens is 5. The van der Waals surface area contributed by atoms with Crippen molar-refractivity contribution in [3.63, 3.8) is 0 Å². The molecule has 3 aromatic carbocycles. The molecule has 6 aromatic rings. The lowest BCUT2D eigenvalue weighted by Crippen LogP contribution is -2.23. The molecule has 0 atom stereocenters. The Kier molecular flexibility index (Phi) is 6.15. The van der Waals surface area contributed by atoms with Gasteiger partial charge in [-0.1, -0.05) is 41.1 Å². The summed E-state index contributed by atoms with van der Waals surface area (Å²) < 4.78 is 14.5. The molecule has 0 aliphatic carbocycles. The van der Waals surface area contributed by atoms with E-state index in [4.69, 9.17) is 26.2 Å². The number of rotatable bonds is 6. The highest BCUT2D eigenvalue weighted by atomic mass is 35.5. The van der Waals surface area contributed by atoms with E-state index in [0.29, 0.717) is 37.5 Å². The van der Waals surface area contributed by atoms with E-state index in [0.717, 1.165) is 22.4 Å². The van der Waals surface area contributed by atoms with Gasteiger partial charge in [-0.05, 0) is 60.7 Å². The van der Waals surface area contributed by atoms with E-state index in [9.17, 15) is 4.79 Å². The molecule has 0 spiro atoms. The van der Waals surface area contributed by atoms with Crippen molar-refractivity contribution in [1.82, 2.24) is 24.4 Å². The third-order valence-electron chi connectivity index (χ3n) is 5.99. The molecule has 6 rings (SSSR count). The fourth-order valence-corrected chi connectivity index (χ4v) is 5.13. The molecule has 0 aliphatic rings. The molecule has 3 aromatic heterocycles. The normalized spacial score (nSPS) is 11.8. The predicted molar refractivity (Wildman–Crippen MR) is 148 cm³/mol. The zero-order chi connectivity index (χ0) is 26.2. The van der Waals surface area contributed by atoms with E-state index < -0.39 is 0 Å². The molecule has 0 fully saturated rings. The maximum absolute atomic E-state index is 13.3. The van der Waals surface area contributed by atoms with Gasteiger partial charge in [-0.15, -0.1) is 5.10 Å². The highest BCUT2D eigenvalue weighted by Gasteiger charge is 2.16. The summed E-state index contributed by atoms with van der Waals surface area (Å²) in [6, 6.07) is 22.6. The predicted octanol–water partition coefficient (Wildman–Crippen LogP) is 4.89. The second kappa shape index (κ2) is 9.77. The van der Waals surface area contributed by atoms with Gasteiger partial charge in [-0.25, -0.2) is 4.68 Å². The number of benzene rings is 3. The highest BCUT2D eigenvalue weighted by molar-refractivity contribution is 7.15. The van der Waals surface area contributed by atoms with Gasteiger partial charge in [0, 0.05) is 27.9 Å². The Morgan fingerprint density at radius 1 is 0.895 bits per heavy atom. The molecule has 0 saturated heterocycles. The van der Waals surface area contributed by atoms with Gasteiger partial charge >= 0.3 is 0 Å². The van der Waals surface area contributed by atoms with Crippen molar-refractivity contribution in [1.29, 1.82) is 0 Å². The van der Waals surface area contributed by atoms with Crippen LogP contribution in [0.2, 0.25) is 5.02 Å². The second-order valence-electron chi connectivity index (χ2n) is 8.34. The summed E-state index contributed by atoms with van der Waals surface area (Å²) in [6.45, 7) is 0. The van der Waals surface area contributed by atoms with Gasteiger partial charge in [0.25, 0.3) is 5.56 Å². The number of thiazole rings is 1. The van der Waals surface area contributed by atoms with Gasteiger partial charge in [0.2, 0.25) is 4.96 Å². The van der Waals surface area contributed by atoms with Crippen LogP contribution in [0.15, 0.2) is 83.8 Å². The molecule has 0 amide bonds. The van der Waals surface area contributed by atoms with Crippen molar-refractivity contribution in [2.75, 3.05) is 14.2 Å². The monoisotopic (exact) mass is 541 g/mol. The third-order valence-corrected chi connectivity index (χ3v) is 7.20. The first-order chi connectivity index (χ1) is 18.5. The van der Waals surface area contributed by atoms with E-state index in [-0.39, 0.29) is 5.56 Å². The van der Waals surface area contributed by atoms with Gasteiger partial charge in [0.1, 0.15) is 5.69 Å². The first kappa shape index (κ1) is 23.9. The fourth-order valence-electron chi connectivity index (χ4n) is 4.11. The molecule has 10 heteroatoms. The van der Waals surface area contributed by atoms with Crippen LogP contribution in [0.25, 0.3) is 39.4 Å². The summed E-state index contributed by atoms with van der Waals surface area (Å²) >= 11 is 7.27. The molecular formula is C28H20ClN5O3S. The zero-order valence-electron chi connectivity index (χ0n) is 20.3. The van der Waals surface area contributed by atoms with Gasteiger partial charge in [0.15, 0.2) is 17.3 Å². The second-order valence-corrected chi connectivity index (χ2v) is 9.78. The molecule has 0 saturated carbocycles. The van der Waals surface area contributed by atoms with E-state index in [1.165, 1.54) is 15.9 Å². The Bertz CT molecular complexity index is 1880. The number of halogens is 1. The van der Waals surface area contributed by atoms with Gasteiger partial charge < -0.3 is 9.47 Å². The number of nitrogens with zero attached hydrogens (tertiary/aromatic N) is 5. The summed E-state index contributed by atoms with van der Waals surface area (Å²) in [5.74, 6) is 1.68. The first-order valence-electron chi connectivity index (χ1n) is 11.6. The number of ether oxygens (including phenoxy) is 2. The zero-order valence-corrected chi connectivity index (χ0v) is 21.9. The first-order valence-corrected chi connectivity index (χ1v) is 12.8. The quantitative estimate of drug-likeness (QED) is 0.298. The van der Waals surface area contributed by atoms with Crippen LogP contribution >= 0.6 is 22.9 Å². The van der Waals surface area contributed by atoms with Crippen LogP contribution < -0.4 is 19.6 Å². The number of hydrogen-bond acceptors (Lipinski definition) is 7. The SMILES string of the molecule is COc1ccc(-c2nn(-c3ccccc3)cc2/C=c2\sc3nc(-c4ccc(Cl)cc4)nn3c2=O)cc1OC. The molecule has 0 N–H and O–H groups in total. The Balaban J connectivity index is 1.49. The smallest absolute Gasteiger partial charge is 0.291 e. The Hall–Kier alpha value is -4.47. The van der Waals surface area contributed by atoms with Crippen LogP contribution in [0.5, 0.6) is 11.5 Å². The van der Waals surface area contributed by atoms with E-state index in [1.54, 1.807) is 31.0 Å². The summed E-state index contributed by atoms with van der Waals surface area (Å²) in [4.78, 5) is 18.4. The molecule has 8 nitrogen and oxygen atoms in total. The van der Waals surface area contributed by atoms with Crippen LogP contribution in [-0.2, 0) is 0 Å². The summed E-state index contributed by atoms with van der Waals surface area (Å²) in [6.07, 6.45) is 3.72. The maximum Gasteiger partial charge on any atom is 0.291 e. The molecule has 3 heterocycles. The van der Waals surface area contributed by atoms with Gasteiger partial charge in [-0.2, -0.15) is 14.6 Å². The van der Waals surface area contributed by atoms with Crippen LogP contribution in [0.4, 0.5) is 0 Å². The van der Waals surface area contributed by atoms with E-state index >= 15 is 0 Å². The lowest BCUT2D eigenvalue weighted by atomic mass is 10.1. The molecule has 0 bridgehead atoms. The lowest BCUT2D eigenvalue weighted by Gasteiger charge is -2.09. The Morgan fingerprint density at radius 3 is 2.34 bits per heavy atom. The van der Waals surface area contributed by atoms with Crippen molar-refractivity contribution >= 4 is 34.0 Å². The topological polar surface area (TPSA) is 83.5 Å². The lowest BCUT2D eigenvalue weighted by molar-refractivity contribution is 0.355. The molecule has 38 heavy (non-hydrogen) atoms. The van der Waals surface area contributed by atoms with Crippen molar-refractivity contribution in [3.8, 4) is 39.8 Å². The highest BCUT2D eigenvalue weighted by Crippen LogP contribution is 2.33. The molecular weight excluding hydrogens is 522 g/mol. The van der Waals surface area contributed by atoms with Crippen molar-refractivity contribution < 1.29 is 9.47 Å². The molecule has 0 radical (unpaired) electrons. The fraction of sp³-hybridized carbons (Fsp3) is 0.0714. The Morgan fingerprint density at radius 2 is 1.63 bits per heavy atom. The van der Waals surface area contributed by atoms with Crippen molar-refractivity contribution in [2.24, 2.45) is 0 Å². The standard InChI is InChI=1S/C28H20ClN5O3S/c1-36-22-13-10-18(14-23(22)37-2)25-19(16-33(31-25)21-6-4-3-5-7-21)15-24-27(35)34-28(38-24)30-26(32-34)17-8-11-20(29)12-9-17/h3-16H,1-2H3/b24-15-. The van der Waals surface area contributed by atoms with E-state index in [1.807, 2.05) is 72.9 Å². The number of hydrogen-bond donors (Lipinski definition) is 0. The van der Waals surface area contributed by atoms with Crippen molar-refractivity contribution in [3.05, 3.63) is 104 Å². The number of methoxy groups -OCH3 is 2. The average Bonchev–Trinajstić information content (AvgIpc) is 3.64. The van der Waals surface area contributed by atoms with Crippen molar-refractivity contribution in [2.45, 2.75) is 0 Å².